The third-order valence-electron chi connectivity index (χ3n) is 16.0. The van der Waals surface area contributed by atoms with Gasteiger partial charge in [0.2, 0.25) is 23.6 Å². The van der Waals surface area contributed by atoms with Gasteiger partial charge < -0.3 is 57.9 Å². The molecule has 0 bridgehead atoms. The molecule has 0 aliphatic carbocycles. The number of nitrogens with one attached hydrogen (secondary N) is 3. The molecule has 1 aromatic rings. The number of benzene rings is 1. The average Bonchev–Trinajstić information content (AvgIpc) is 4.22. The summed E-state index contributed by atoms with van der Waals surface area (Å²) in [5.41, 5.74) is 12.4. The molecule has 26 nitrogen and oxygen atoms in total. The molecule has 0 aromatic heterocycles. The van der Waals surface area contributed by atoms with Gasteiger partial charge >= 0.3 is 29.8 Å². The molecule has 478 valence electrons. The Bertz CT molecular complexity index is 2320. The largest absolute Gasteiger partial charge is 0.480 e. The molecule has 12 N–H and O–H groups in total. The maximum atomic E-state index is 14.6. The van der Waals surface area contributed by atoms with Crippen LogP contribution in [0, 0.1) is 23.7 Å². The van der Waals surface area contributed by atoms with Crippen molar-refractivity contribution in [3.05, 3.63) is 35.9 Å². The van der Waals surface area contributed by atoms with Crippen molar-refractivity contribution in [2.24, 2.45) is 35.1 Å². The minimum atomic E-state index is -1.28. The quantitative estimate of drug-likeness (QED) is 0.0412. The number of carbonyl (C=O) groups excluding carboxylic acids is 6. The van der Waals surface area contributed by atoms with E-state index in [0.29, 0.717) is 57.2 Å². The van der Waals surface area contributed by atoms with Gasteiger partial charge in [-0.15, -0.1) is 0 Å². The minimum Gasteiger partial charge on any atom is -0.480 e. The van der Waals surface area contributed by atoms with E-state index < -0.39 is 126 Å². The normalized spacial score (nSPS) is 18.5. The van der Waals surface area contributed by atoms with Gasteiger partial charge in [-0.25, -0.2) is 4.79 Å². The Morgan fingerprint density at radius 1 is 0.600 bits per heavy atom. The van der Waals surface area contributed by atoms with E-state index in [1.54, 1.807) is 56.9 Å². The molecule has 2 heterocycles. The predicted octanol–water partition coefficient (Wildman–Crippen LogP) is 0.969. The molecule has 2 aliphatic heterocycles. The molecule has 26 heteroatoms. The second kappa shape index (κ2) is 38.6. The van der Waals surface area contributed by atoms with Crippen LogP contribution in [-0.4, -0.2) is 237 Å². The standard InChI is InChI=1S/C59H96N10O16/c1-5-40(4)53(49(71)35-42(16-9-11-21-60)54(78)62-45(17-10-12-22-61)57(81)69-23-13-18-47(69)56(80)63-46(58(82)83)33-41-14-7-6-8-15-41)64-55(79)43(32-39(2)3)34-44(70)19-20-48(59(84)85)68-30-28-66(37-51(74)75)26-24-65(36-50(72)73)25-27-67(29-31-68)38-52(76)77/h6-8,14-15,39-40,42-43,45-48,53H,5,9-13,16-38,60-61H2,1-4H3,(H,62,78)(H,63,80)(H,64,79)(H,72,73)(H,74,75)(H,76,77)(H,82,83)(H,84,85)/t40-,42+,43+,45-,46-,47-,48?,53-/m0/s1. The van der Waals surface area contributed by atoms with E-state index in [-0.39, 0.29) is 129 Å². The number of carboxylic acid groups (broad SMARTS) is 5. The fraction of sp³-hybridized carbons (Fsp3) is 0.712. The topological polar surface area (TPSA) is 393 Å². The highest BCUT2D eigenvalue weighted by Crippen LogP contribution is 2.25. The van der Waals surface area contributed by atoms with Gasteiger partial charge in [-0.3, -0.25) is 67.5 Å². The number of carboxylic acids is 5. The number of hydrogen-bond acceptors (Lipinski definition) is 17. The Morgan fingerprint density at radius 3 is 1.62 bits per heavy atom. The maximum Gasteiger partial charge on any atom is 0.326 e. The molecule has 0 spiro atoms. The molecular formula is C59H96N10O16. The molecule has 4 amide bonds. The van der Waals surface area contributed by atoms with Crippen molar-refractivity contribution in [2.75, 3.05) is 91.6 Å². The molecule has 2 fully saturated rings. The third-order valence-corrected chi connectivity index (χ3v) is 16.0. The number of ketones is 2. The van der Waals surface area contributed by atoms with Gasteiger partial charge in [0.25, 0.3) is 0 Å². The van der Waals surface area contributed by atoms with E-state index in [4.69, 9.17) is 11.5 Å². The molecule has 2 aliphatic rings. The van der Waals surface area contributed by atoms with Gasteiger partial charge in [-0.05, 0) is 88.3 Å². The number of likely N-dealkylation sites (tertiary alicyclic amines) is 1. The van der Waals surface area contributed by atoms with Crippen molar-refractivity contribution in [3.8, 4) is 0 Å². The Balaban J connectivity index is 1.83. The predicted molar refractivity (Wildman–Crippen MR) is 314 cm³/mol. The number of nitrogens with two attached hydrogens (primary N) is 2. The van der Waals surface area contributed by atoms with Crippen molar-refractivity contribution >= 4 is 65.0 Å². The van der Waals surface area contributed by atoms with Crippen molar-refractivity contribution in [1.29, 1.82) is 0 Å². The van der Waals surface area contributed by atoms with Gasteiger partial charge in [0, 0.05) is 96.4 Å². The lowest BCUT2D eigenvalue weighted by Gasteiger charge is -2.35. The summed E-state index contributed by atoms with van der Waals surface area (Å²) in [6, 6.07) is 3.05. The summed E-state index contributed by atoms with van der Waals surface area (Å²) in [4.78, 5) is 154. The summed E-state index contributed by atoms with van der Waals surface area (Å²) < 4.78 is 0. The van der Waals surface area contributed by atoms with Crippen LogP contribution in [0.2, 0.25) is 0 Å². The first-order valence-electron chi connectivity index (χ1n) is 30.1. The van der Waals surface area contributed by atoms with Crippen LogP contribution in [0.5, 0.6) is 0 Å². The highest BCUT2D eigenvalue weighted by atomic mass is 16.4. The zero-order chi connectivity index (χ0) is 63.2. The number of Topliss-reactive ketones (excluding diaryl/α,β-unsaturated/α-hetero) is 2. The van der Waals surface area contributed by atoms with Gasteiger partial charge in [0.05, 0.1) is 25.7 Å². The van der Waals surface area contributed by atoms with E-state index in [0.717, 1.165) is 0 Å². The number of amides is 4. The lowest BCUT2D eigenvalue weighted by atomic mass is 9.86. The van der Waals surface area contributed by atoms with E-state index >= 15 is 0 Å². The summed E-state index contributed by atoms with van der Waals surface area (Å²) in [6.07, 6.45) is 2.64. The first-order chi connectivity index (χ1) is 40.4. The van der Waals surface area contributed by atoms with Crippen LogP contribution in [0.4, 0.5) is 0 Å². The molecule has 1 aromatic carbocycles. The summed E-state index contributed by atoms with van der Waals surface area (Å²) in [5.74, 6) is -11.6. The fourth-order valence-electron chi connectivity index (χ4n) is 11.0. The monoisotopic (exact) mass is 1200 g/mol. The van der Waals surface area contributed by atoms with Crippen LogP contribution in [-0.2, 0) is 59.2 Å². The highest BCUT2D eigenvalue weighted by molar-refractivity contribution is 5.97. The number of rotatable bonds is 38. The van der Waals surface area contributed by atoms with E-state index in [9.17, 15) is 78.3 Å². The Hall–Kier alpha value is -6.45. The summed E-state index contributed by atoms with van der Waals surface area (Å²) in [7, 11) is 0. The summed E-state index contributed by atoms with van der Waals surface area (Å²) in [5, 5.41) is 57.9. The maximum absolute atomic E-state index is 14.6. The molecule has 0 radical (unpaired) electrons. The highest BCUT2D eigenvalue weighted by Gasteiger charge is 2.40. The van der Waals surface area contributed by atoms with Crippen LogP contribution < -0.4 is 27.4 Å². The smallest absolute Gasteiger partial charge is 0.326 e. The second-order valence-corrected chi connectivity index (χ2v) is 23.2. The van der Waals surface area contributed by atoms with Crippen molar-refractivity contribution in [2.45, 2.75) is 154 Å². The summed E-state index contributed by atoms with van der Waals surface area (Å²) >= 11 is 0. The lowest BCUT2D eigenvalue weighted by Crippen LogP contribution is -2.56. The first kappa shape index (κ1) is 72.8. The first-order valence-corrected chi connectivity index (χ1v) is 30.1. The average molecular weight is 1200 g/mol. The van der Waals surface area contributed by atoms with Gasteiger partial charge in [-0.2, -0.15) is 0 Å². The van der Waals surface area contributed by atoms with Crippen molar-refractivity contribution in [1.82, 2.24) is 40.4 Å². The second-order valence-electron chi connectivity index (χ2n) is 23.2. The Morgan fingerprint density at radius 2 is 1.13 bits per heavy atom. The molecular weight excluding hydrogens is 1100 g/mol. The minimum absolute atomic E-state index is 0.0118. The van der Waals surface area contributed by atoms with E-state index in [1.165, 1.54) is 4.90 Å². The van der Waals surface area contributed by atoms with Gasteiger partial charge in [0.1, 0.15) is 30.0 Å². The third kappa shape index (κ3) is 26.8. The van der Waals surface area contributed by atoms with Crippen LogP contribution in [0.3, 0.4) is 0 Å². The molecule has 85 heavy (non-hydrogen) atoms. The Labute approximate surface area is 499 Å². The number of aliphatic carboxylic acids is 5. The van der Waals surface area contributed by atoms with Crippen LogP contribution in [0.15, 0.2) is 30.3 Å². The summed E-state index contributed by atoms with van der Waals surface area (Å²) in [6.45, 7) is 7.64. The zero-order valence-corrected chi connectivity index (χ0v) is 50.2. The fourth-order valence-corrected chi connectivity index (χ4v) is 11.0. The molecule has 0 saturated carbocycles. The van der Waals surface area contributed by atoms with Gasteiger partial charge in [0.15, 0.2) is 5.78 Å². The molecule has 1 unspecified atom stereocenters. The SMILES string of the molecule is CC[C@H](C)[C@H](NC(=O)[C@@H](CC(=O)CCC(C(=O)O)N1CCN(CC(=O)O)CCN(CC(=O)O)CCN(CC(=O)O)CC1)CC(C)C)C(=O)C[C@@H](CCCCN)C(=O)N[C@@H](CCCCN)C(=O)N1CCC[C@H]1C(=O)N[C@@H](Cc1ccccc1)C(=O)O. The van der Waals surface area contributed by atoms with Crippen LogP contribution >= 0.6 is 0 Å². The Kier molecular flexibility index (Phi) is 33.0. The number of carbonyl (C=O) groups is 11. The van der Waals surface area contributed by atoms with Crippen LogP contribution in [0.25, 0.3) is 0 Å². The number of nitrogens with zero attached hydrogens (tertiary/aromatic N) is 5. The zero-order valence-electron chi connectivity index (χ0n) is 50.2. The number of unbranched alkanes of at least 4 members (excludes halogenated alkanes) is 2. The molecule has 2 saturated heterocycles. The van der Waals surface area contributed by atoms with E-state index in [1.807, 2.05) is 20.8 Å². The molecule has 8 atom stereocenters. The van der Waals surface area contributed by atoms with Crippen molar-refractivity contribution < 1.29 is 78.3 Å². The molecule has 3 rings (SSSR count). The lowest BCUT2D eigenvalue weighted by molar-refractivity contribution is -0.145. The number of hydrogen-bond donors (Lipinski definition) is 10. The van der Waals surface area contributed by atoms with Gasteiger partial charge in [-0.1, -0.05) is 70.9 Å². The van der Waals surface area contributed by atoms with Crippen LogP contribution in [0.1, 0.15) is 123 Å². The van der Waals surface area contributed by atoms with E-state index in [2.05, 4.69) is 16.0 Å². The van der Waals surface area contributed by atoms with Crippen molar-refractivity contribution in [3.63, 3.8) is 0 Å².